The van der Waals surface area contributed by atoms with Gasteiger partial charge in [0.1, 0.15) is 0 Å². The number of hydrogen-bond donors (Lipinski definition) is 1. The van der Waals surface area contributed by atoms with E-state index in [-0.39, 0.29) is 11.3 Å². The molecule has 0 spiro atoms. The fraction of sp³-hybridized carbons (Fsp3) is 0.294. The summed E-state index contributed by atoms with van der Waals surface area (Å²) in [5.41, 5.74) is 3.57. The van der Waals surface area contributed by atoms with Crippen LogP contribution in [0, 0.1) is 0 Å². The molecule has 0 amide bonds. The van der Waals surface area contributed by atoms with E-state index in [2.05, 4.69) is 49.7 Å². The zero-order valence-electron chi connectivity index (χ0n) is 14.0. The maximum Gasteiger partial charge on any atom is 0.226 e. The maximum absolute atomic E-state index is 6.10. The van der Waals surface area contributed by atoms with Gasteiger partial charge in [0.25, 0.3) is 0 Å². The zero-order chi connectivity index (χ0) is 17.4. The lowest BCUT2D eigenvalue weighted by Crippen LogP contribution is -2.11. The van der Waals surface area contributed by atoms with Gasteiger partial charge in [-0.1, -0.05) is 12.1 Å². The molecule has 7 nitrogen and oxygen atoms in total. The van der Waals surface area contributed by atoms with E-state index in [1.807, 2.05) is 29.1 Å². The highest BCUT2D eigenvalue weighted by molar-refractivity contribution is 6.28. The normalized spacial score (nSPS) is 11.7. The predicted molar refractivity (Wildman–Crippen MR) is 98.9 cm³/mol. The molecular formula is C17H18ClN7. The lowest BCUT2D eigenvalue weighted by atomic mass is 10.3. The fourth-order valence-corrected chi connectivity index (χ4v) is 3.04. The molecule has 0 unspecified atom stereocenters. The van der Waals surface area contributed by atoms with Crippen LogP contribution in [0.1, 0.15) is 19.9 Å². The molecular weight excluding hydrogens is 338 g/mol. The van der Waals surface area contributed by atoms with Crippen LogP contribution in [0.3, 0.4) is 0 Å². The molecule has 3 heterocycles. The van der Waals surface area contributed by atoms with E-state index in [0.29, 0.717) is 12.4 Å². The number of halogens is 1. The monoisotopic (exact) mass is 355 g/mol. The first kappa shape index (κ1) is 15.8. The van der Waals surface area contributed by atoms with Gasteiger partial charge in [0.2, 0.25) is 5.28 Å². The summed E-state index contributed by atoms with van der Waals surface area (Å²) < 4.78 is 4.09. The van der Waals surface area contributed by atoms with Gasteiger partial charge >= 0.3 is 0 Å². The molecule has 0 saturated carbocycles. The van der Waals surface area contributed by atoms with Gasteiger partial charge in [-0.15, -0.1) is 0 Å². The van der Waals surface area contributed by atoms with Crippen LogP contribution in [0.4, 0.5) is 5.82 Å². The molecule has 1 N–H and O–H groups in total. The Kier molecular flexibility index (Phi) is 4.01. The molecule has 128 valence electrons. The third kappa shape index (κ3) is 2.91. The second kappa shape index (κ2) is 6.33. The van der Waals surface area contributed by atoms with Gasteiger partial charge in [-0.3, -0.25) is 0 Å². The van der Waals surface area contributed by atoms with Crippen LogP contribution in [0.25, 0.3) is 22.2 Å². The minimum atomic E-state index is 0.213. The van der Waals surface area contributed by atoms with Crippen LogP contribution < -0.4 is 5.32 Å². The lowest BCUT2D eigenvalue weighted by molar-refractivity contribution is 0.612. The van der Waals surface area contributed by atoms with Crippen molar-refractivity contribution in [2.75, 3.05) is 11.9 Å². The average Bonchev–Trinajstić information content (AvgIpc) is 3.19. The van der Waals surface area contributed by atoms with Gasteiger partial charge in [0.15, 0.2) is 17.0 Å². The van der Waals surface area contributed by atoms with Crippen molar-refractivity contribution >= 4 is 39.6 Å². The van der Waals surface area contributed by atoms with E-state index in [9.17, 15) is 0 Å². The van der Waals surface area contributed by atoms with Crippen molar-refractivity contribution in [2.45, 2.75) is 26.4 Å². The Balaban J connectivity index is 1.57. The van der Waals surface area contributed by atoms with Gasteiger partial charge in [-0.25, -0.2) is 9.97 Å². The third-order valence-corrected chi connectivity index (χ3v) is 4.29. The van der Waals surface area contributed by atoms with Crippen LogP contribution >= 0.6 is 11.6 Å². The number of nitrogens with zero attached hydrogens (tertiary/aromatic N) is 6. The quantitative estimate of drug-likeness (QED) is 0.554. The molecule has 1 aromatic carbocycles. The maximum atomic E-state index is 6.10. The van der Waals surface area contributed by atoms with Gasteiger partial charge in [0, 0.05) is 19.1 Å². The smallest absolute Gasteiger partial charge is 0.226 e. The summed E-state index contributed by atoms with van der Waals surface area (Å²) in [5.74, 6) is 0.652. The van der Waals surface area contributed by atoms with Crippen molar-refractivity contribution in [3.05, 3.63) is 42.2 Å². The molecule has 0 radical (unpaired) electrons. The summed E-state index contributed by atoms with van der Waals surface area (Å²) in [7, 11) is 0. The highest BCUT2D eigenvalue weighted by Crippen LogP contribution is 2.23. The minimum absolute atomic E-state index is 0.213. The van der Waals surface area contributed by atoms with E-state index < -0.39 is 0 Å². The summed E-state index contributed by atoms with van der Waals surface area (Å²) in [5, 5.41) is 3.54. The Morgan fingerprint density at radius 2 is 1.96 bits per heavy atom. The molecule has 0 bridgehead atoms. The zero-order valence-corrected chi connectivity index (χ0v) is 14.8. The number of rotatable bonds is 5. The Bertz CT molecular complexity index is 1030. The standard InChI is InChI=1S/C17H18ClN7/c1-11(2)25-10-21-14-15(22-17(18)23-16(14)25)19-7-8-24-9-20-12-5-3-4-6-13(12)24/h3-6,9-11H,7-8H2,1-2H3,(H,19,22,23). The molecule has 0 atom stereocenters. The number of para-hydroxylation sites is 2. The van der Waals surface area contributed by atoms with Crippen molar-refractivity contribution in [2.24, 2.45) is 0 Å². The SMILES string of the molecule is CC(C)n1cnc2c(NCCn3cnc4ccccc43)nc(Cl)nc21. The number of anilines is 1. The highest BCUT2D eigenvalue weighted by atomic mass is 35.5. The number of imidazole rings is 2. The first-order valence-electron chi connectivity index (χ1n) is 8.17. The summed E-state index contributed by atoms with van der Waals surface area (Å²) in [4.78, 5) is 17.5. The largest absolute Gasteiger partial charge is 0.366 e. The summed E-state index contributed by atoms with van der Waals surface area (Å²) in [6, 6.07) is 8.32. The average molecular weight is 356 g/mol. The molecule has 25 heavy (non-hydrogen) atoms. The number of nitrogens with one attached hydrogen (secondary N) is 1. The van der Waals surface area contributed by atoms with Crippen molar-refractivity contribution in [3.8, 4) is 0 Å². The van der Waals surface area contributed by atoms with Gasteiger partial charge in [0.05, 0.1) is 23.7 Å². The lowest BCUT2D eigenvalue weighted by Gasteiger charge is -2.10. The van der Waals surface area contributed by atoms with Crippen molar-refractivity contribution in [1.82, 2.24) is 29.1 Å². The Labute approximate surface area is 149 Å². The molecule has 0 saturated heterocycles. The van der Waals surface area contributed by atoms with Crippen molar-refractivity contribution in [1.29, 1.82) is 0 Å². The molecule has 3 aromatic heterocycles. The molecule has 4 rings (SSSR count). The second-order valence-corrected chi connectivity index (χ2v) is 6.45. The van der Waals surface area contributed by atoms with Crippen molar-refractivity contribution < 1.29 is 0 Å². The summed E-state index contributed by atoms with van der Waals surface area (Å²) in [6.45, 7) is 5.59. The van der Waals surface area contributed by atoms with Crippen LogP contribution in [-0.4, -0.2) is 35.6 Å². The van der Waals surface area contributed by atoms with Gasteiger partial charge in [-0.2, -0.15) is 9.97 Å². The number of fused-ring (bicyclic) bond motifs is 2. The summed E-state index contributed by atoms with van der Waals surface area (Å²) >= 11 is 6.10. The first-order valence-corrected chi connectivity index (χ1v) is 8.55. The van der Waals surface area contributed by atoms with Gasteiger partial charge < -0.3 is 14.5 Å². The Hall–Kier alpha value is -2.67. The Morgan fingerprint density at radius 3 is 2.80 bits per heavy atom. The van der Waals surface area contributed by atoms with E-state index in [0.717, 1.165) is 28.7 Å². The summed E-state index contributed by atoms with van der Waals surface area (Å²) in [6.07, 6.45) is 3.62. The molecule has 0 fully saturated rings. The fourth-order valence-electron chi connectivity index (χ4n) is 2.87. The van der Waals surface area contributed by atoms with Crippen LogP contribution in [0.5, 0.6) is 0 Å². The number of hydrogen-bond acceptors (Lipinski definition) is 5. The van der Waals surface area contributed by atoms with E-state index >= 15 is 0 Å². The Morgan fingerprint density at radius 1 is 1.12 bits per heavy atom. The van der Waals surface area contributed by atoms with E-state index in [4.69, 9.17) is 11.6 Å². The second-order valence-electron chi connectivity index (χ2n) is 6.11. The first-order chi connectivity index (χ1) is 12.1. The molecule has 0 aliphatic rings. The molecule has 0 aliphatic heterocycles. The van der Waals surface area contributed by atoms with E-state index in [1.54, 1.807) is 6.33 Å². The molecule has 4 aromatic rings. The molecule has 8 heteroatoms. The predicted octanol–water partition coefficient (Wildman–Crippen LogP) is 3.52. The van der Waals surface area contributed by atoms with Crippen LogP contribution in [-0.2, 0) is 6.54 Å². The number of aromatic nitrogens is 6. The van der Waals surface area contributed by atoms with Crippen molar-refractivity contribution in [3.63, 3.8) is 0 Å². The number of benzene rings is 1. The minimum Gasteiger partial charge on any atom is -0.366 e. The third-order valence-electron chi connectivity index (χ3n) is 4.12. The van der Waals surface area contributed by atoms with Crippen LogP contribution in [0.2, 0.25) is 5.28 Å². The van der Waals surface area contributed by atoms with E-state index in [1.165, 1.54) is 0 Å². The highest BCUT2D eigenvalue weighted by Gasteiger charge is 2.14. The topological polar surface area (TPSA) is 73.5 Å². The van der Waals surface area contributed by atoms with Crippen LogP contribution in [0.15, 0.2) is 36.9 Å². The molecule has 0 aliphatic carbocycles. The van der Waals surface area contributed by atoms with Gasteiger partial charge in [-0.05, 0) is 37.6 Å².